The van der Waals surface area contributed by atoms with Crippen LogP contribution in [0.5, 0.6) is 0 Å². The Labute approximate surface area is 69.0 Å². The summed E-state index contributed by atoms with van der Waals surface area (Å²) in [5.74, 6) is 5.56. The summed E-state index contributed by atoms with van der Waals surface area (Å²) in [5, 5.41) is 9.16. The molecule has 0 atom stereocenters. The minimum atomic E-state index is -0.114. The van der Waals surface area contributed by atoms with Gasteiger partial charge in [0, 0.05) is 17.8 Å². The molecule has 0 saturated carbocycles. The first-order valence-electron chi connectivity index (χ1n) is 3.00. The largest absolute Gasteiger partial charge is 0.392 e. The van der Waals surface area contributed by atoms with Crippen LogP contribution in [0.1, 0.15) is 5.56 Å². The number of hydrazine groups is 1. The van der Waals surface area contributed by atoms with Gasteiger partial charge in [0.15, 0.2) is 0 Å². The molecular weight excluding hydrogens is 166 g/mol. The molecule has 0 aliphatic carbocycles. The van der Waals surface area contributed by atoms with Gasteiger partial charge in [-0.1, -0.05) is 11.6 Å². The van der Waals surface area contributed by atoms with Gasteiger partial charge in [-0.25, -0.2) is 10.8 Å². The van der Waals surface area contributed by atoms with Crippen molar-refractivity contribution in [1.82, 2.24) is 4.98 Å². The number of nitrogen functional groups attached to an aromatic ring is 1. The van der Waals surface area contributed by atoms with Crippen LogP contribution in [0.3, 0.4) is 0 Å². The maximum absolute atomic E-state index is 8.71. The number of anilines is 1. The van der Waals surface area contributed by atoms with Crippen molar-refractivity contribution >= 4 is 17.4 Å². The minimum Gasteiger partial charge on any atom is -0.392 e. The molecule has 0 fully saturated rings. The average Bonchev–Trinajstić information content (AvgIpc) is 2.04. The highest BCUT2D eigenvalue weighted by Gasteiger charge is 1.99. The molecule has 5 heteroatoms. The monoisotopic (exact) mass is 173 g/mol. The van der Waals surface area contributed by atoms with E-state index in [4.69, 9.17) is 22.6 Å². The highest BCUT2D eigenvalue weighted by Crippen LogP contribution is 2.17. The summed E-state index contributed by atoms with van der Waals surface area (Å²) >= 11 is 5.71. The van der Waals surface area contributed by atoms with Crippen LogP contribution in [0.25, 0.3) is 0 Å². The van der Waals surface area contributed by atoms with E-state index in [2.05, 4.69) is 10.4 Å². The van der Waals surface area contributed by atoms with Crippen LogP contribution in [0.4, 0.5) is 5.82 Å². The minimum absolute atomic E-state index is 0.114. The maximum Gasteiger partial charge on any atom is 0.141 e. The number of nitrogens with one attached hydrogen (secondary N) is 1. The van der Waals surface area contributed by atoms with E-state index in [1.54, 1.807) is 6.07 Å². The molecule has 1 rings (SSSR count). The summed E-state index contributed by atoms with van der Waals surface area (Å²) < 4.78 is 0. The molecule has 0 aliphatic rings. The van der Waals surface area contributed by atoms with E-state index in [1.807, 2.05) is 0 Å². The molecule has 0 amide bonds. The summed E-state index contributed by atoms with van der Waals surface area (Å²) in [6.45, 7) is -0.114. The van der Waals surface area contributed by atoms with E-state index in [9.17, 15) is 0 Å². The first-order valence-corrected chi connectivity index (χ1v) is 3.37. The molecule has 0 unspecified atom stereocenters. The third kappa shape index (κ3) is 1.80. The standard InChI is InChI=1S/C6H8ClN3O/c7-5-1-6(10-8)9-2-4(5)3-11/h1-2,11H,3,8H2,(H,9,10). The Morgan fingerprint density at radius 1 is 1.73 bits per heavy atom. The fraction of sp³-hybridized carbons (Fsp3) is 0.167. The lowest BCUT2D eigenvalue weighted by Gasteiger charge is -2.01. The SMILES string of the molecule is NNc1cc(Cl)c(CO)cn1. The smallest absolute Gasteiger partial charge is 0.141 e. The summed E-state index contributed by atoms with van der Waals surface area (Å²) in [5.41, 5.74) is 2.93. The average molecular weight is 174 g/mol. The van der Waals surface area contributed by atoms with Gasteiger partial charge in [0.05, 0.1) is 11.6 Å². The van der Waals surface area contributed by atoms with Crippen molar-refractivity contribution in [2.24, 2.45) is 5.84 Å². The number of aromatic nitrogens is 1. The van der Waals surface area contributed by atoms with Crippen molar-refractivity contribution < 1.29 is 5.11 Å². The fourth-order valence-electron chi connectivity index (χ4n) is 0.654. The zero-order valence-electron chi connectivity index (χ0n) is 5.71. The molecule has 0 aliphatic heterocycles. The van der Waals surface area contributed by atoms with Gasteiger partial charge in [-0.3, -0.25) is 0 Å². The first-order chi connectivity index (χ1) is 5.27. The second kappa shape index (κ2) is 3.52. The lowest BCUT2D eigenvalue weighted by atomic mass is 10.3. The van der Waals surface area contributed by atoms with Crippen LogP contribution in [0.15, 0.2) is 12.3 Å². The summed E-state index contributed by atoms with van der Waals surface area (Å²) in [6.07, 6.45) is 1.47. The Hall–Kier alpha value is -0.840. The molecule has 4 N–H and O–H groups in total. The highest BCUT2D eigenvalue weighted by atomic mass is 35.5. The van der Waals surface area contributed by atoms with Crippen molar-refractivity contribution in [1.29, 1.82) is 0 Å². The van der Waals surface area contributed by atoms with Gasteiger partial charge in [-0.15, -0.1) is 0 Å². The van der Waals surface area contributed by atoms with Crippen molar-refractivity contribution in [3.63, 3.8) is 0 Å². The van der Waals surface area contributed by atoms with Gasteiger partial charge in [-0.2, -0.15) is 0 Å². The Morgan fingerprint density at radius 3 is 2.91 bits per heavy atom. The molecule has 1 aromatic heterocycles. The number of nitrogens with two attached hydrogens (primary N) is 1. The van der Waals surface area contributed by atoms with E-state index in [-0.39, 0.29) is 6.61 Å². The van der Waals surface area contributed by atoms with Gasteiger partial charge in [0.25, 0.3) is 0 Å². The Bertz CT molecular complexity index is 254. The summed E-state index contributed by atoms with van der Waals surface area (Å²) in [6, 6.07) is 1.55. The molecular formula is C6H8ClN3O. The van der Waals surface area contributed by atoms with E-state index in [0.717, 1.165) is 0 Å². The molecule has 0 radical (unpaired) electrons. The highest BCUT2D eigenvalue weighted by molar-refractivity contribution is 6.31. The van der Waals surface area contributed by atoms with Crippen molar-refractivity contribution in [2.45, 2.75) is 6.61 Å². The van der Waals surface area contributed by atoms with E-state index >= 15 is 0 Å². The second-order valence-electron chi connectivity index (χ2n) is 1.96. The third-order valence-corrected chi connectivity index (χ3v) is 1.60. The number of hydrogen-bond donors (Lipinski definition) is 3. The van der Waals surface area contributed by atoms with Gasteiger partial charge < -0.3 is 10.5 Å². The molecule has 0 aromatic carbocycles. The number of halogens is 1. The quantitative estimate of drug-likeness (QED) is 0.450. The normalized spacial score (nSPS) is 9.73. The zero-order chi connectivity index (χ0) is 8.27. The summed E-state index contributed by atoms with van der Waals surface area (Å²) in [4.78, 5) is 3.85. The zero-order valence-corrected chi connectivity index (χ0v) is 6.47. The Kier molecular flexibility index (Phi) is 2.64. The van der Waals surface area contributed by atoms with Crippen LogP contribution in [0, 0.1) is 0 Å². The van der Waals surface area contributed by atoms with Crippen LogP contribution in [-0.2, 0) is 6.61 Å². The van der Waals surface area contributed by atoms with Gasteiger partial charge in [-0.05, 0) is 0 Å². The number of nitrogens with zero attached hydrogens (tertiary/aromatic N) is 1. The van der Waals surface area contributed by atoms with Gasteiger partial charge in [0.2, 0.25) is 0 Å². The van der Waals surface area contributed by atoms with Crippen LogP contribution in [0.2, 0.25) is 5.02 Å². The van der Waals surface area contributed by atoms with E-state index < -0.39 is 0 Å². The molecule has 4 nitrogen and oxygen atoms in total. The van der Waals surface area contributed by atoms with Crippen molar-refractivity contribution in [3.05, 3.63) is 22.8 Å². The Morgan fingerprint density at radius 2 is 2.45 bits per heavy atom. The number of aliphatic hydroxyl groups is 1. The predicted octanol–water partition coefficient (Wildman–Crippen LogP) is 0.513. The molecule has 0 bridgehead atoms. The summed E-state index contributed by atoms with van der Waals surface area (Å²) in [7, 11) is 0. The van der Waals surface area contributed by atoms with Crippen molar-refractivity contribution in [3.8, 4) is 0 Å². The van der Waals surface area contributed by atoms with Crippen molar-refractivity contribution in [2.75, 3.05) is 5.43 Å². The molecule has 0 saturated heterocycles. The van der Waals surface area contributed by atoms with Crippen LogP contribution in [-0.4, -0.2) is 10.1 Å². The van der Waals surface area contributed by atoms with Gasteiger partial charge >= 0.3 is 0 Å². The van der Waals surface area contributed by atoms with Crippen LogP contribution < -0.4 is 11.3 Å². The number of pyridine rings is 1. The third-order valence-electron chi connectivity index (χ3n) is 1.25. The topological polar surface area (TPSA) is 71.2 Å². The van der Waals surface area contributed by atoms with E-state index in [1.165, 1.54) is 6.20 Å². The predicted molar refractivity (Wildman–Crippen MR) is 43.0 cm³/mol. The fourth-order valence-corrected chi connectivity index (χ4v) is 0.866. The Balaban J connectivity index is 2.99. The number of rotatable bonds is 2. The molecule has 60 valence electrons. The molecule has 1 aromatic rings. The molecule has 11 heavy (non-hydrogen) atoms. The number of hydrogen-bond acceptors (Lipinski definition) is 4. The van der Waals surface area contributed by atoms with Gasteiger partial charge in [0.1, 0.15) is 5.82 Å². The lowest BCUT2D eigenvalue weighted by molar-refractivity contribution is 0.281. The number of aliphatic hydroxyl groups excluding tert-OH is 1. The maximum atomic E-state index is 8.71. The molecule has 1 heterocycles. The second-order valence-corrected chi connectivity index (χ2v) is 2.37. The van der Waals surface area contributed by atoms with E-state index in [0.29, 0.717) is 16.4 Å². The van der Waals surface area contributed by atoms with Crippen LogP contribution >= 0.6 is 11.6 Å². The first kappa shape index (κ1) is 8.26. The lowest BCUT2D eigenvalue weighted by Crippen LogP contribution is -2.08. The molecule has 0 spiro atoms.